The number of fused-ring (bicyclic) bond motifs is 1. The van der Waals surface area contributed by atoms with Crippen molar-refractivity contribution in [3.05, 3.63) is 65.6 Å². The predicted octanol–water partition coefficient (Wildman–Crippen LogP) is 3.24. The average Bonchev–Trinajstić information content (AvgIpc) is 3.49. The van der Waals surface area contributed by atoms with Crippen molar-refractivity contribution in [1.29, 1.82) is 0 Å². The fraction of sp³-hybridized carbons (Fsp3) is 0.375. The second-order valence-corrected chi connectivity index (χ2v) is 9.16. The van der Waals surface area contributed by atoms with Crippen molar-refractivity contribution in [2.24, 2.45) is 0 Å². The third-order valence-corrected chi connectivity index (χ3v) is 6.85. The van der Waals surface area contributed by atoms with Crippen LogP contribution in [0.4, 0.5) is 17.3 Å². The van der Waals surface area contributed by atoms with E-state index < -0.39 is 0 Å². The smallest absolute Gasteiger partial charge is 0.247 e. The SMILES string of the molecule is OCCCn1cc(Nc2nc3c(N4CCC(CO)(c5ccc(Cl)cc5)CC4)cccn3n2)cn1. The topological polar surface area (TPSA) is 104 Å². The van der Waals surface area contributed by atoms with Gasteiger partial charge in [-0.1, -0.05) is 23.7 Å². The molecule has 1 aromatic carbocycles. The lowest BCUT2D eigenvalue weighted by atomic mass is 9.73. The van der Waals surface area contributed by atoms with Gasteiger partial charge < -0.3 is 20.4 Å². The fourth-order valence-corrected chi connectivity index (χ4v) is 4.75. The van der Waals surface area contributed by atoms with E-state index in [1.54, 1.807) is 15.4 Å². The van der Waals surface area contributed by atoms with Crippen LogP contribution in [0.2, 0.25) is 5.02 Å². The Morgan fingerprint density at radius 1 is 1.09 bits per heavy atom. The minimum Gasteiger partial charge on any atom is -0.396 e. The first kappa shape index (κ1) is 22.6. The van der Waals surface area contributed by atoms with Gasteiger partial charge in [0.1, 0.15) is 0 Å². The molecule has 0 bridgehead atoms. The average molecular weight is 482 g/mol. The second-order valence-electron chi connectivity index (χ2n) is 8.72. The summed E-state index contributed by atoms with van der Waals surface area (Å²) in [7, 11) is 0. The number of nitrogens with one attached hydrogen (secondary N) is 1. The number of nitrogens with zero attached hydrogens (tertiary/aromatic N) is 6. The first-order valence-corrected chi connectivity index (χ1v) is 11.9. The fourth-order valence-electron chi connectivity index (χ4n) is 4.62. The van der Waals surface area contributed by atoms with Gasteiger partial charge in [-0.05, 0) is 49.1 Å². The molecule has 0 amide bonds. The minimum absolute atomic E-state index is 0.109. The Hall–Kier alpha value is -3.14. The number of hydrogen-bond donors (Lipinski definition) is 3. The zero-order valence-electron chi connectivity index (χ0n) is 18.8. The highest BCUT2D eigenvalue weighted by atomic mass is 35.5. The highest BCUT2D eigenvalue weighted by molar-refractivity contribution is 6.30. The normalized spacial score (nSPS) is 15.7. The first-order valence-electron chi connectivity index (χ1n) is 11.5. The zero-order valence-corrected chi connectivity index (χ0v) is 19.6. The van der Waals surface area contributed by atoms with Gasteiger partial charge in [0.15, 0.2) is 5.65 Å². The van der Waals surface area contributed by atoms with Crippen molar-refractivity contribution in [3.8, 4) is 0 Å². The van der Waals surface area contributed by atoms with Crippen molar-refractivity contribution < 1.29 is 10.2 Å². The molecule has 1 fully saturated rings. The Morgan fingerprint density at radius 2 is 1.88 bits per heavy atom. The minimum atomic E-state index is -0.261. The third kappa shape index (κ3) is 4.46. The molecule has 0 unspecified atom stereocenters. The molecule has 9 nitrogen and oxygen atoms in total. The van der Waals surface area contributed by atoms with Gasteiger partial charge >= 0.3 is 0 Å². The van der Waals surface area contributed by atoms with Crippen LogP contribution < -0.4 is 10.2 Å². The molecular formula is C24H28ClN7O2. The van der Waals surface area contributed by atoms with Gasteiger partial charge in [0.2, 0.25) is 5.95 Å². The number of piperidine rings is 1. The number of hydrogen-bond acceptors (Lipinski definition) is 7. The quantitative estimate of drug-likeness (QED) is 0.355. The Balaban J connectivity index is 1.33. The Kier molecular flexibility index (Phi) is 6.40. The molecule has 1 saturated heterocycles. The van der Waals surface area contributed by atoms with Gasteiger partial charge in [-0.25, -0.2) is 4.52 Å². The van der Waals surface area contributed by atoms with E-state index in [-0.39, 0.29) is 18.6 Å². The van der Waals surface area contributed by atoms with Gasteiger partial charge in [0.05, 0.1) is 24.2 Å². The maximum Gasteiger partial charge on any atom is 0.247 e. The maximum atomic E-state index is 10.3. The lowest BCUT2D eigenvalue weighted by molar-refractivity contribution is 0.165. The van der Waals surface area contributed by atoms with Crippen molar-refractivity contribution in [2.45, 2.75) is 31.2 Å². The number of aromatic nitrogens is 5. The molecule has 10 heteroatoms. The van der Waals surface area contributed by atoms with E-state index in [2.05, 4.69) is 26.5 Å². The number of aliphatic hydroxyl groups excluding tert-OH is 2. The van der Waals surface area contributed by atoms with Crippen molar-refractivity contribution in [1.82, 2.24) is 24.4 Å². The molecule has 1 aliphatic heterocycles. The van der Waals surface area contributed by atoms with E-state index in [4.69, 9.17) is 21.7 Å². The number of anilines is 3. The van der Waals surface area contributed by atoms with Crippen LogP contribution in [-0.2, 0) is 12.0 Å². The van der Waals surface area contributed by atoms with E-state index in [9.17, 15) is 5.11 Å². The van der Waals surface area contributed by atoms with Gasteiger partial charge in [-0.15, -0.1) is 5.10 Å². The molecule has 178 valence electrons. The molecule has 4 heterocycles. The van der Waals surface area contributed by atoms with Crippen molar-refractivity contribution >= 4 is 34.6 Å². The van der Waals surface area contributed by atoms with Crippen LogP contribution in [0.1, 0.15) is 24.8 Å². The van der Waals surface area contributed by atoms with Crippen LogP contribution in [0.3, 0.4) is 0 Å². The van der Waals surface area contributed by atoms with E-state index in [0.717, 1.165) is 48.5 Å². The molecule has 3 aromatic heterocycles. The summed E-state index contributed by atoms with van der Waals surface area (Å²) in [6.45, 7) is 2.50. The van der Waals surface area contributed by atoms with Crippen LogP contribution >= 0.6 is 11.6 Å². The lowest BCUT2D eigenvalue weighted by Crippen LogP contribution is -2.45. The van der Waals surface area contributed by atoms with E-state index in [1.165, 1.54) is 0 Å². The molecule has 0 atom stereocenters. The summed E-state index contributed by atoms with van der Waals surface area (Å²) in [6.07, 6.45) is 7.80. The van der Waals surface area contributed by atoms with Gasteiger partial charge in [-0.3, -0.25) is 4.68 Å². The van der Waals surface area contributed by atoms with Gasteiger partial charge in [0.25, 0.3) is 0 Å². The van der Waals surface area contributed by atoms with Crippen molar-refractivity contribution in [3.63, 3.8) is 0 Å². The number of rotatable bonds is 8. The summed E-state index contributed by atoms with van der Waals surface area (Å²) in [5.41, 5.74) is 3.46. The van der Waals surface area contributed by atoms with Crippen LogP contribution in [0.5, 0.6) is 0 Å². The maximum absolute atomic E-state index is 10.3. The molecule has 1 aliphatic rings. The van der Waals surface area contributed by atoms with E-state index >= 15 is 0 Å². The largest absolute Gasteiger partial charge is 0.396 e. The Labute approximate surface area is 202 Å². The summed E-state index contributed by atoms with van der Waals surface area (Å²) < 4.78 is 3.56. The summed E-state index contributed by atoms with van der Waals surface area (Å²) in [5, 5.41) is 32.1. The summed E-state index contributed by atoms with van der Waals surface area (Å²) >= 11 is 6.07. The van der Waals surface area contributed by atoms with Gasteiger partial charge in [0, 0.05) is 49.1 Å². The van der Waals surface area contributed by atoms with Crippen LogP contribution in [-0.4, -0.2) is 60.9 Å². The number of halogens is 1. The molecule has 0 aliphatic carbocycles. The number of pyridine rings is 1. The highest BCUT2D eigenvalue weighted by Gasteiger charge is 2.36. The second kappa shape index (κ2) is 9.61. The molecule has 0 radical (unpaired) electrons. The zero-order chi connectivity index (χ0) is 23.5. The van der Waals surface area contributed by atoms with E-state index in [1.807, 2.05) is 42.7 Å². The number of benzene rings is 1. The molecule has 0 saturated carbocycles. The van der Waals surface area contributed by atoms with Crippen LogP contribution in [0, 0.1) is 0 Å². The number of aliphatic hydroxyl groups is 2. The van der Waals surface area contributed by atoms with Crippen LogP contribution in [0.15, 0.2) is 55.0 Å². The molecule has 4 aromatic rings. The predicted molar refractivity (Wildman–Crippen MR) is 132 cm³/mol. The van der Waals surface area contributed by atoms with Gasteiger partial charge in [-0.2, -0.15) is 10.1 Å². The molecule has 5 rings (SSSR count). The highest BCUT2D eigenvalue weighted by Crippen LogP contribution is 2.37. The third-order valence-electron chi connectivity index (χ3n) is 6.60. The first-order chi connectivity index (χ1) is 16.6. The monoisotopic (exact) mass is 481 g/mol. The standard InChI is InChI=1S/C24H28ClN7O2/c25-19-6-4-18(5-7-19)24(17-34)8-12-30(13-9-24)21-3-1-11-32-22(21)28-23(29-32)27-20-15-26-31(16-20)10-2-14-33/h1,3-7,11,15-16,33-34H,2,8-10,12-14,17H2,(H,27,29). The van der Waals surface area contributed by atoms with E-state index in [0.29, 0.717) is 23.9 Å². The molecule has 3 N–H and O–H groups in total. The summed E-state index contributed by atoms with van der Waals surface area (Å²) in [5.74, 6) is 0.497. The summed E-state index contributed by atoms with van der Waals surface area (Å²) in [4.78, 5) is 7.05. The Morgan fingerprint density at radius 3 is 2.62 bits per heavy atom. The molecule has 34 heavy (non-hydrogen) atoms. The van der Waals surface area contributed by atoms with Crippen LogP contribution in [0.25, 0.3) is 5.65 Å². The lowest BCUT2D eigenvalue weighted by Gasteiger charge is -2.42. The summed E-state index contributed by atoms with van der Waals surface area (Å²) in [6, 6.07) is 11.9. The molecular weight excluding hydrogens is 454 g/mol. The Bertz CT molecular complexity index is 1250. The van der Waals surface area contributed by atoms with Crippen molar-refractivity contribution in [2.75, 3.05) is 36.5 Å². The molecule has 0 spiro atoms. The number of aryl methyl sites for hydroxylation is 1.